The molecule has 12 aromatic rings. The molecule has 1 aliphatic carbocycles. The molecule has 0 atom stereocenters. The molecular weight excluding hydrogens is 749 g/mol. The predicted molar refractivity (Wildman–Crippen MR) is 263 cm³/mol. The quantitative estimate of drug-likeness (QED) is 0.152. The van der Waals surface area contributed by atoms with Crippen LogP contribution in [0, 0.1) is 0 Å². The van der Waals surface area contributed by atoms with Crippen molar-refractivity contribution >= 4 is 71.2 Å². The zero-order chi connectivity index (χ0) is 40.7. The number of benzene rings is 11. The summed E-state index contributed by atoms with van der Waals surface area (Å²) in [6, 6.07) is 84.9. The van der Waals surface area contributed by atoms with E-state index in [1.165, 1.54) is 98.6 Å². The van der Waals surface area contributed by atoms with Gasteiger partial charge in [0.2, 0.25) is 0 Å². The van der Waals surface area contributed by atoms with E-state index >= 15 is 0 Å². The van der Waals surface area contributed by atoms with Gasteiger partial charge in [-0.15, -0.1) is 0 Å². The van der Waals surface area contributed by atoms with Crippen LogP contribution in [0.25, 0.3) is 104 Å². The van der Waals surface area contributed by atoms with Crippen LogP contribution < -0.4 is 4.90 Å². The summed E-state index contributed by atoms with van der Waals surface area (Å²) in [4.78, 5) is 2.42. The van der Waals surface area contributed by atoms with Crippen LogP contribution in [-0.4, -0.2) is 4.57 Å². The fourth-order valence-electron chi connectivity index (χ4n) is 10.2. The number of aromatic nitrogens is 1. The smallest absolute Gasteiger partial charge is 0.0541 e. The second kappa shape index (κ2) is 13.7. The molecule has 0 aliphatic heterocycles. The SMILES string of the molecule is c1cc(-c2ccc3c(c2)-c2cccc4cccc-3c24)cc(N(c2cccc(-c3ccc4c(ccc5ccccc54)c3)c2)c2cccc(-n3c4ccccc4c4ccccc43)c2)c1. The maximum Gasteiger partial charge on any atom is 0.0541 e. The van der Waals surface area contributed by atoms with E-state index in [0.29, 0.717) is 0 Å². The fourth-order valence-corrected chi connectivity index (χ4v) is 10.2. The van der Waals surface area contributed by atoms with E-state index in [0.717, 1.165) is 22.7 Å². The highest BCUT2D eigenvalue weighted by Crippen LogP contribution is 2.49. The molecule has 2 heteroatoms. The lowest BCUT2D eigenvalue weighted by Gasteiger charge is -2.27. The number of anilines is 3. The summed E-state index contributed by atoms with van der Waals surface area (Å²) < 4.78 is 2.40. The first-order chi connectivity index (χ1) is 30.7. The number of hydrogen-bond donors (Lipinski definition) is 0. The molecule has 0 fully saturated rings. The van der Waals surface area contributed by atoms with Gasteiger partial charge in [-0.25, -0.2) is 0 Å². The summed E-state index contributed by atoms with van der Waals surface area (Å²) in [6.45, 7) is 0. The molecule has 0 N–H and O–H groups in total. The zero-order valence-electron chi connectivity index (χ0n) is 33.8. The molecule has 2 nitrogen and oxygen atoms in total. The summed E-state index contributed by atoms with van der Waals surface area (Å²) >= 11 is 0. The van der Waals surface area contributed by atoms with Crippen LogP contribution in [0.15, 0.2) is 231 Å². The van der Waals surface area contributed by atoms with Crippen molar-refractivity contribution in [1.29, 1.82) is 0 Å². The van der Waals surface area contributed by atoms with Crippen LogP contribution in [0.4, 0.5) is 17.1 Å². The van der Waals surface area contributed by atoms with Gasteiger partial charge in [-0.05, 0) is 144 Å². The number of nitrogens with zero attached hydrogens (tertiary/aromatic N) is 2. The summed E-state index contributed by atoms with van der Waals surface area (Å²) in [5, 5.41) is 10.2. The van der Waals surface area contributed by atoms with Gasteiger partial charge in [-0.2, -0.15) is 0 Å². The topological polar surface area (TPSA) is 8.17 Å². The average Bonchev–Trinajstić information content (AvgIpc) is 3.85. The van der Waals surface area contributed by atoms with E-state index in [-0.39, 0.29) is 0 Å². The van der Waals surface area contributed by atoms with Gasteiger partial charge < -0.3 is 9.47 Å². The Hall–Kier alpha value is -8.20. The number of para-hydroxylation sites is 2. The van der Waals surface area contributed by atoms with E-state index in [4.69, 9.17) is 0 Å². The van der Waals surface area contributed by atoms with Crippen LogP contribution in [0.1, 0.15) is 0 Å². The zero-order valence-corrected chi connectivity index (χ0v) is 33.8. The first-order valence-electron chi connectivity index (χ1n) is 21.4. The molecule has 13 rings (SSSR count). The normalized spacial score (nSPS) is 11.9. The third kappa shape index (κ3) is 5.37. The molecule has 11 aromatic carbocycles. The highest BCUT2D eigenvalue weighted by atomic mass is 15.1. The molecular formula is C60H38N2. The first kappa shape index (κ1) is 34.6. The van der Waals surface area contributed by atoms with E-state index in [9.17, 15) is 0 Å². The van der Waals surface area contributed by atoms with Crippen LogP contribution in [0.2, 0.25) is 0 Å². The van der Waals surface area contributed by atoms with Gasteiger partial charge >= 0.3 is 0 Å². The van der Waals surface area contributed by atoms with Crippen LogP contribution >= 0.6 is 0 Å². The molecule has 0 radical (unpaired) electrons. The van der Waals surface area contributed by atoms with Gasteiger partial charge in [0.05, 0.1) is 11.0 Å². The molecule has 0 bridgehead atoms. The summed E-state index contributed by atoms with van der Waals surface area (Å²) in [5.74, 6) is 0. The monoisotopic (exact) mass is 786 g/mol. The average molecular weight is 787 g/mol. The Morgan fingerprint density at radius 3 is 1.52 bits per heavy atom. The lowest BCUT2D eigenvalue weighted by atomic mass is 9.96. The van der Waals surface area contributed by atoms with E-state index < -0.39 is 0 Å². The van der Waals surface area contributed by atoms with Crippen molar-refractivity contribution in [2.75, 3.05) is 4.90 Å². The van der Waals surface area contributed by atoms with Gasteiger partial charge in [-0.1, -0.05) is 164 Å². The van der Waals surface area contributed by atoms with Crippen LogP contribution in [0.3, 0.4) is 0 Å². The minimum Gasteiger partial charge on any atom is -0.310 e. The van der Waals surface area contributed by atoms with Crippen molar-refractivity contribution in [1.82, 2.24) is 4.57 Å². The van der Waals surface area contributed by atoms with Gasteiger partial charge in [0.15, 0.2) is 0 Å². The third-order valence-electron chi connectivity index (χ3n) is 13.1. The lowest BCUT2D eigenvalue weighted by molar-refractivity contribution is 1.17. The van der Waals surface area contributed by atoms with E-state index in [2.05, 4.69) is 240 Å². The first-order valence-corrected chi connectivity index (χ1v) is 21.4. The molecule has 288 valence electrons. The molecule has 0 amide bonds. The Balaban J connectivity index is 0.972. The van der Waals surface area contributed by atoms with Crippen LogP contribution in [0.5, 0.6) is 0 Å². The third-order valence-corrected chi connectivity index (χ3v) is 13.1. The maximum atomic E-state index is 2.42. The Kier molecular flexibility index (Phi) is 7.64. The Labute approximate surface area is 359 Å². The second-order valence-corrected chi connectivity index (χ2v) is 16.5. The molecule has 1 heterocycles. The Morgan fingerprint density at radius 2 is 0.790 bits per heavy atom. The Bertz CT molecular complexity index is 3720. The molecule has 62 heavy (non-hydrogen) atoms. The number of hydrogen-bond acceptors (Lipinski definition) is 1. The van der Waals surface area contributed by atoms with Gasteiger partial charge in [0, 0.05) is 33.5 Å². The summed E-state index contributed by atoms with van der Waals surface area (Å²) in [5.41, 5.74) is 16.7. The molecule has 0 saturated heterocycles. The molecule has 1 aliphatic rings. The molecule has 0 unspecified atom stereocenters. The van der Waals surface area contributed by atoms with Crippen LogP contribution in [-0.2, 0) is 0 Å². The highest BCUT2D eigenvalue weighted by molar-refractivity contribution is 6.16. The standard InChI is InChI=1S/C60H38N2/c1-2-21-50-39(12-1)28-29-45-34-43(30-32-51(45)50)41-15-7-17-46(35-41)61(48-19-11-20-49(38-48)62-58-26-5-3-22-53(58)54-23-4-6-27-59(54)62)47-18-8-16-42(36-47)44-31-33-52-55-24-9-13-40-14-10-25-56(60(40)55)57(52)37-44/h1-38H. The van der Waals surface area contributed by atoms with Crippen molar-refractivity contribution in [2.45, 2.75) is 0 Å². The fraction of sp³-hybridized carbons (Fsp3) is 0. The Morgan fingerprint density at radius 1 is 0.274 bits per heavy atom. The van der Waals surface area contributed by atoms with Gasteiger partial charge in [0.25, 0.3) is 0 Å². The van der Waals surface area contributed by atoms with E-state index in [1.54, 1.807) is 0 Å². The number of fused-ring (bicyclic) bond motifs is 9. The largest absolute Gasteiger partial charge is 0.310 e. The molecule has 1 aromatic heterocycles. The van der Waals surface area contributed by atoms with Crippen molar-refractivity contribution in [3.8, 4) is 50.2 Å². The molecule has 0 spiro atoms. The van der Waals surface area contributed by atoms with Gasteiger partial charge in [0.1, 0.15) is 0 Å². The van der Waals surface area contributed by atoms with E-state index in [1.807, 2.05) is 0 Å². The van der Waals surface area contributed by atoms with Crippen molar-refractivity contribution in [2.24, 2.45) is 0 Å². The maximum absolute atomic E-state index is 2.42. The van der Waals surface area contributed by atoms with Crippen molar-refractivity contribution < 1.29 is 0 Å². The second-order valence-electron chi connectivity index (χ2n) is 16.5. The minimum atomic E-state index is 1.08. The molecule has 0 saturated carbocycles. The number of rotatable bonds is 6. The van der Waals surface area contributed by atoms with Gasteiger partial charge in [-0.3, -0.25) is 0 Å². The lowest BCUT2D eigenvalue weighted by Crippen LogP contribution is -2.11. The van der Waals surface area contributed by atoms with Crippen molar-refractivity contribution in [3.05, 3.63) is 231 Å². The minimum absolute atomic E-state index is 1.08. The predicted octanol–water partition coefficient (Wildman–Crippen LogP) is 16.7. The summed E-state index contributed by atoms with van der Waals surface area (Å²) in [7, 11) is 0. The highest BCUT2D eigenvalue weighted by Gasteiger charge is 2.22. The van der Waals surface area contributed by atoms with Crippen molar-refractivity contribution in [3.63, 3.8) is 0 Å². The summed E-state index contributed by atoms with van der Waals surface area (Å²) in [6.07, 6.45) is 0.